The van der Waals surface area contributed by atoms with Gasteiger partial charge in [-0.2, -0.15) is 5.10 Å². The lowest BCUT2D eigenvalue weighted by molar-refractivity contribution is -0.122. The van der Waals surface area contributed by atoms with E-state index in [9.17, 15) is 9.18 Å². The van der Waals surface area contributed by atoms with Crippen molar-refractivity contribution in [2.24, 2.45) is 0 Å². The number of anilines is 2. The molecule has 1 aromatic carbocycles. The molecule has 3 aromatic rings. The van der Waals surface area contributed by atoms with E-state index in [-0.39, 0.29) is 24.0 Å². The first-order valence-electron chi connectivity index (χ1n) is 8.67. The Morgan fingerprint density at radius 2 is 2.12 bits per heavy atom. The van der Waals surface area contributed by atoms with Gasteiger partial charge in [0.1, 0.15) is 30.0 Å². The molecular formula is C18H19FN6O. The second-order valence-corrected chi connectivity index (χ2v) is 6.46. The van der Waals surface area contributed by atoms with Gasteiger partial charge in [0, 0.05) is 17.6 Å². The van der Waals surface area contributed by atoms with E-state index in [0.717, 1.165) is 12.8 Å². The molecule has 1 aliphatic carbocycles. The van der Waals surface area contributed by atoms with E-state index < -0.39 is 5.82 Å². The van der Waals surface area contributed by atoms with E-state index in [1.807, 2.05) is 0 Å². The summed E-state index contributed by atoms with van der Waals surface area (Å²) in [6, 6.07) is 5.02. The first kappa shape index (κ1) is 16.4. The fourth-order valence-corrected chi connectivity index (χ4v) is 3.29. The molecule has 0 atom stereocenters. The zero-order chi connectivity index (χ0) is 17.9. The molecule has 1 aliphatic rings. The van der Waals surface area contributed by atoms with Crippen LogP contribution >= 0.6 is 0 Å². The van der Waals surface area contributed by atoms with E-state index in [4.69, 9.17) is 0 Å². The number of para-hydroxylation sites is 1. The minimum absolute atomic E-state index is 0.0406. The number of hydrogen-bond donors (Lipinski definition) is 2. The van der Waals surface area contributed by atoms with Crippen LogP contribution < -0.4 is 10.6 Å². The lowest BCUT2D eigenvalue weighted by Crippen LogP contribution is -2.35. The minimum atomic E-state index is -0.396. The van der Waals surface area contributed by atoms with Crippen molar-refractivity contribution in [3.05, 3.63) is 42.7 Å². The maximum atomic E-state index is 13.8. The highest BCUT2D eigenvalue weighted by atomic mass is 19.1. The van der Waals surface area contributed by atoms with Crippen LogP contribution in [0.25, 0.3) is 10.9 Å². The summed E-state index contributed by atoms with van der Waals surface area (Å²) in [6.45, 7) is 0.164. The molecule has 1 saturated carbocycles. The highest BCUT2D eigenvalue weighted by molar-refractivity contribution is 5.90. The number of halogens is 1. The molecule has 2 aromatic heterocycles. The van der Waals surface area contributed by atoms with Gasteiger partial charge in [-0.25, -0.2) is 14.4 Å². The van der Waals surface area contributed by atoms with Crippen LogP contribution in [0.15, 0.2) is 36.9 Å². The quantitative estimate of drug-likeness (QED) is 0.736. The Balaban J connectivity index is 1.45. The van der Waals surface area contributed by atoms with Gasteiger partial charge in [-0.15, -0.1) is 0 Å². The Hall–Kier alpha value is -3.03. The lowest BCUT2D eigenvalue weighted by atomic mass is 10.2. The van der Waals surface area contributed by atoms with Crippen molar-refractivity contribution in [3.8, 4) is 0 Å². The number of carbonyl (C=O) groups is 1. The van der Waals surface area contributed by atoms with Gasteiger partial charge >= 0.3 is 0 Å². The van der Waals surface area contributed by atoms with Crippen molar-refractivity contribution in [1.29, 1.82) is 0 Å². The van der Waals surface area contributed by atoms with Crippen LogP contribution in [0.5, 0.6) is 0 Å². The molecule has 0 bridgehead atoms. The molecule has 134 valence electrons. The van der Waals surface area contributed by atoms with E-state index in [1.165, 1.54) is 25.2 Å². The number of rotatable bonds is 5. The zero-order valence-electron chi connectivity index (χ0n) is 14.2. The zero-order valence-corrected chi connectivity index (χ0v) is 14.2. The van der Waals surface area contributed by atoms with Crippen LogP contribution in [-0.4, -0.2) is 31.7 Å². The first-order chi connectivity index (χ1) is 12.7. The monoisotopic (exact) mass is 354 g/mol. The van der Waals surface area contributed by atoms with Crippen LogP contribution in [0.4, 0.5) is 15.9 Å². The molecule has 4 rings (SSSR count). The largest absolute Gasteiger partial charge is 0.352 e. The van der Waals surface area contributed by atoms with Crippen molar-refractivity contribution < 1.29 is 9.18 Å². The summed E-state index contributed by atoms with van der Waals surface area (Å²) >= 11 is 0. The molecule has 2 heterocycles. The molecule has 0 aliphatic heterocycles. The van der Waals surface area contributed by atoms with Crippen molar-refractivity contribution in [2.75, 3.05) is 5.32 Å². The van der Waals surface area contributed by atoms with Gasteiger partial charge in [0.15, 0.2) is 0 Å². The van der Waals surface area contributed by atoms with Crippen molar-refractivity contribution >= 4 is 28.3 Å². The second-order valence-electron chi connectivity index (χ2n) is 6.46. The Labute approximate surface area is 149 Å². The van der Waals surface area contributed by atoms with E-state index in [1.54, 1.807) is 29.2 Å². The molecule has 8 heteroatoms. The number of benzene rings is 1. The predicted octanol–water partition coefficient (Wildman–Crippen LogP) is 2.77. The third-order valence-electron chi connectivity index (χ3n) is 4.54. The second kappa shape index (κ2) is 7.07. The molecule has 0 unspecified atom stereocenters. The Kier molecular flexibility index (Phi) is 4.47. The summed E-state index contributed by atoms with van der Waals surface area (Å²) in [5, 5.41) is 10.9. The summed E-state index contributed by atoms with van der Waals surface area (Å²) in [5.74, 6) is 0.0535. The third-order valence-corrected chi connectivity index (χ3v) is 4.54. The molecule has 0 spiro atoms. The van der Waals surface area contributed by atoms with Gasteiger partial charge in [0.25, 0.3) is 0 Å². The Bertz CT molecular complexity index is 934. The fourth-order valence-electron chi connectivity index (χ4n) is 3.29. The van der Waals surface area contributed by atoms with Crippen molar-refractivity contribution in [2.45, 2.75) is 38.3 Å². The molecule has 26 heavy (non-hydrogen) atoms. The molecule has 2 N–H and O–H groups in total. The Morgan fingerprint density at radius 3 is 2.96 bits per heavy atom. The van der Waals surface area contributed by atoms with Crippen LogP contribution in [0.2, 0.25) is 0 Å². The average Bonchev–Trinajstić information content (AvgIpc) is 3.28. The topological polar surface area (TPSA) is 84.7 Å². The van der Waals surface area contributed by atoms with Crippen molar-refractivity contribution in [3.63, 3.8) is 0 Å². The molecular weight excluding hydrogens is 335 g/mol. The summed E-state index contributed by atoms with van der Waals surface area (Å²) in [4.78, 5) is 20.2. The van der Waals surface area contributed by atoms with E-state index in [0.29, 0.717) is 16.9 Å². The predicted molar refractivity (Wildman–Crippen MR) is 95.4 cm³/mol. The van der Waals surface area contributed by atoms with Gasteiger partial charge in [-0.05, 0) is 25.0 Å². The summed E-state index contributed by atoms with van der Waals surface area (Å²) in [6.07, 6.45) is 9.09. The van der Waals surface area contributed by atoms with Crippen LogP contribution in [0, 0.1) is 5.82 Å². The van der Waals surface area contributed by atoms with Gasteiger partial charge in [0.05, 0.1) is 11.9 Å². The Morgan fingerprint density at radius 1 is 1.27 bits per heavy atom. The average molecular weight is 354 g/mol. The van der Waals surface area contributed by atoms with Crippen molar-refractivity contribution in [1.82, 2.24) is 25.1 Å². The lowest BCUT2D eigenvalue weighted by Gasteiger charge is -2.11. The summed E-state index contributed by atoms with van der Waals surface area (Å²) in [7, 11) is 0. The normalized spacial score (nSPS) is 14.7. The van der Waals surface area contributed by atoms with Crippen LogP contribution in [0.3, 0.4) is 0 Å². The third kappa shape index (κ3) is 3.49. The molecule has 1 fully saturated rings. The standard InChI is InChI=1S/C18H19FN6O/c19-15-7-3-6-14-17(15)20-11-21-18(14)24-13-8-22-25(9-13)10-16(26)23-12-4-1-2-5-12/h3,6-9,11-12H,1-2,4-5,10H2,(H,23,26)(H,20,21,24). The highest BCUT2D eigenvalue weighted by Crippen LogP contribution is 2.24. The van der Waals surface area contributed by atoms with Gasteiger partial charge in [-0.3, -0.25) is 9.48 Å². The number of fused-ring (bicyclic) bond motifs is 1. The summed E-state index contributed by atoms with van der Waals surface area (Å²) < 4.78 is 15.4. The van der Waals surface area contributed by atoms with E-state index >= 15 is 0 Å². The summed E-state index contributed by atoms with van der Waals surface area (Å²) in [5.41, 5.74) is 0.927. The van der Waals surface area contributed by atoms with Crippen LogP contribution in [-0.2, 0) is 11.3 Å². The molecule has 1 amide bonds. The number of aromatic nitrogens is 4. The van der Waals surface area contributed by atoms with Gasteiger partial charge in [0.2, 0.25) is 5.91 Å². The number of nitrogens with zero attached hydrogens (tertiary/aromatic N) is 4. The number of hydrogen-bond acceptors (Lipinski definition) is 5. The van der Waals surface area contributed by atoms with E-state index in [2.05, 4.69) is 25.7 Å². The molecule has 0 saturated heterocycles. The maximum Gasteiger partial charge on any atom is 0.241 e. The van der Waals surface area contributed by atoms with Gasteiger partial charge < -0.3 is 10.6 Å². The fraction of sp³-hybridized carbons (Fsp3) is 0.333. The highest BCUT2D eigenvalue weighted by Gasteiger charge is 2.17. The minimum Gasteiger partial charge on any atom is -0.352 e. The number of carbonyl (C=O) groups excluding carboxylic acids is 1. The molecule has 7 nitrogen and oxygen atoms in total. The first-order valence-corrected chi connectivity index (χ1v) is 8.67. The van der Waals surface area contributed by atoms with Gasteiger partial charge in [-0.1, -0.05) is 18.9 Å². The number of nitrogens with one attached hydrogen (secondary N) is 2. The van der Waals surface area contributed by atoms with Crippen LogP contribution in [0.1, 0.15) is 25.7 Å². The number of amides is 1. The molecule has 0 radical (unpaired) electrons. The smallest absolute Gasteiger partial charge is 0.241 e. The maximum absolute atomic E-state index is 13.8. The SMILES string of the molecule is O=C(Cn1cc(Nc2ncnc3c(F)cccc23)cn1)NC1CCCC1.